The average molecular weight is 466 g/mol. The van der Waals surface area contributed by atoms with E-state index in [1.54, 1.807) is 13.8 Å². The molecular formula is C22H25F3N4O4. The molecule has 0 bridgehead atoms. The van der Waals surface area contributed by atoms with Crippen LogP contribution in [-0.2, 0) is 15.7 Å². The van der Waals surface area contributed by atoms with E-state index < -0.39 is 29.7 Å². The molecule has 0 radical (unpaired) electrons. The van der Waals surface area contributed by atoms with Crippen molar-refractivity contribution < 1.29 is 32.3 Å². The molecule has 8 nitrogen and oxygen atoms in total. The van der Waals surface area contributed by atoms with E-state index in [4.69, 9.17) is 4.74 Å². The summed E-state index contributed by atoms with van der Waals surface area (Å²) >= 11 is 0. The number of rotatable bonds is 8. The number of hydrogen-bond acceptors (Lipinski definition) is 7. The number of carbonyl (C=O) groups excluding carboxylic acids is 3. The third-order valence-corrected chi connectivity index (χ3v) is 4.90. The van der Waals surface area contributed by atoms with Crippen molar-refractivity contribution in [2.45, 2.75) is 39.9 Å². The van der Waals surface area contributed by atoms with E-state index in [-0.39, 0.29) is 41.6 Å². The summed E-state index contributed by atoms with van der Waals surface area (Å²) in [5, 5.41) is 2.92. The largest absolute Gasteiger partial charge is 0.465 e. The standard InChI is InChI=1S/C22H25F3N4O4/c1-6-33-18(31)10-29(5)21(32)19-16(11-30)20(28-14(4)27-19)26-13(3)15-8-7-9-17(12(15)2)22(23,24)25/h7-9,11,13H,6,10H2,1-5H3,(H,26,27,28)/t13-/m1/s1. The maximum atomic E-state index is 13.3. The van der Waals surface area contributed by atoms with Gasteiger partial charge in [0.2, 0.25) is 0 Å². The average Bonchev–Trinajstić information content (AvgIpc) is 2.72. The Morgan fingerprint density at radius 1 is 1.24 bits per heavy atom. The summed E-state index contributed by atoms with van der Waals surface area (Å²) < 4.78 is 44.7. The number of benzene rings is 1. The van der Waals surface area contributed by atoms with E-state index in [1.165, 1.54) is 33.0 Å². The van der Waals surface area contributed by atoms with Crippen molar-refractivity contribution in [1.29, 1.82) is 0 Å². The van der Waals surface area contributed by atoms with Gasteiger partial charge in [-0.1, -0.05) is 12.1 Å². The third kappa shape index (κ3) is 6.05. The molecule has 2 aromatic rings. The van der Waals surface area contributed by atoms with Crippen LogP contribution in [0.5, 0.6) is 0 Å². The lowest BCUT2D eigenvalue weighted by Gasteiger charge is -2.22. The Morgan fingerprint density at radius 2 is 1.91 bits per heavy atom. The second-order valence-corrected chi connectivity index (χ2v) is 7.35. The monoisotopic (exact) mass is 466 g/mol. The lowest BCUT2D eigenvalue weighted by Crippen LogP contribution is -2.34. The molecule has 1 aromatic heterocycles. The van der Waals surface area contributed by atoms with Gasteiger partial charge in [0, 0.05) is 7.05 Å². The molecule has 1 amide bonds. The zero-order valence-corrected chi connectivity index (χ0v) is 18.9. The van der Waals surface area contributed by atoms with Crippen LogP contribution in [0, 0.1) is 13.8 Å². The minimum absolute atomic E-state index is 0.00491. The molecule has 0 saturated carbocycles. The molecule has 0 saturated heterocycles. The molecule has 1 N–H and O–H groups in total. The van der Waals surface area contributed by atoms with E-state index in [2.05, 4.69) is 15.3 Å². The number of likely N-dealkylation sites (N-methyl/N-ethyl adjacent to an activating group) is 1. The van der Waals surface area contributed by atoms with Gasteiger partial charge in [0.1, 0.15) is 23.9 Å². The van der Waals surface area contributed by atoms with Crippen molar-refractivity contribution in [3.05, 3.63) is 52.0 Å². The van der Waals surface area contributed by atoms with Crippen LogP contribution in [0.3, 0.4) is 0 Å². The summed E-state index contributed by atoms with van der Waals surface area (Å²) in [4.78, 5) is 45.7. The Morgan fingerprint density at radius 3 is 2.48 bits per heavy atom. The van der Waals surface area contributed by atoms with Crippen molar-refractivity contribution in [3.63, 3.8) is 0 Å². The minimum atomic E-state index is -4.51. The number of ether oxygens (including phenoxy) is 1. The number of halogens is 3. The number of anilines is 1. The fraction of sp³-hybridized carbons (Fsp3) is 0.409. The quantitative estimate of drug-likeness (QED) is 0.467. The smallest absolute Gasteiger partial charge is 0.416 e. The number of nitrogens with one attached hydrogen (secondary N) is 1. The zero-order valence-electron chi connectivity index (χ0n) is 18.9. The predicted octanol–water partition coefficient (Wildman–Crippen LogP) is 3.73. The Balaban J connectivity index is 2.41. The predicted molar refractivity (Wildman–Crippen MR) is 114 cm³/mol. The fourth-order valence-corrected chi connectivity index (χ4v) is 3.33. The summed E-state index contributed by atoms with van der Waals surface area (Å²) in [6, 6.07) is 3.15. The normalized spacial score (nSPS) is 12.1. The number of carbonyl (C=O) groups is 3. The first-order valence-electron chi connectivity index (χ1n) is 10.1. The lowest BCUT2D eigenvalue weighted by atomic mass is 9.97. The molecule has 0 aliphatic rings. The molecule has 178 valence electrons. The van der Waals surface area contributed by atoms with Gasteiger partial charge in [0.25, 0.3) is 5.91 Å². The van der Waals surface area contributed by atoms with Crippen molar-refractivity contribution in [2.24, 2.45) is 0 Å². The molecule has 1 atom stereocenters. The van der Waals surface area contributed by atoms with Gasteiger partial charge in [-0.15, -0.1) is 0 Å². The van der Waals surface area contributed by atoms with Crippen LogP contribution < -0.4 is 5.32 Å². The molecule has 0 fully saturated rings. The highest BCUT2D eigenvalue weighted by molar-refractivity contribution is 6.03. The third-order valence-electron chi connectivity index (χ3n) is 4.90. The molecular weight excluding hydrogens is 441 g/mol. The first kappa shape index (κ1) is 25.8. The summed E-state index contributed by atoms with van der Waals surface area (Å²) in [5.74, 6) is -1.18. The SMILES string of the molecule is CCOC(=O)CN(C)C(=O)c1nc(C)nc(N[C@H](C)c2cccc(C(F)(F)F)c2C)c1C=O. The zero-order chi connectivity index (χ0) is 24.9. The van der Waals surface area contributed by atoms with Crippen LogP contribution in [-0.4, -0.2) is 53.2 Å². The van der Waals surface area contributed by atoms with Gasteiger partial charge in [0.05, 0.1) is 23.8 Å². The second-order valence-electron chi connectivity index (χ2n) is 7.35. The van der Waals surface area contributed by atoms with Crippen LogP contribution in [0.1, 0.15) is 63.3 Å². The molecule has 0 aliphatic heterocycles. The Labute approximate surface area is 189 Å². The Hall–Kier alpha value is -3.50. The minimum Gasteiger partial charge on any atom is -0.465 e. The highest BCUT2D eigenvalue weighted by Crippen LogP contribution is 2.35. The molecule has 11 heteroatoms. The van der Waals surface area contributed by atoms with Gasteiger partial charge in [0.15, 0.2) is 6.29 Å². The van der Waals surface area contributed by atoms with Gasteiger partial charge in [-0.25, -0.2) is 9.97 Å². The maximum Gasteiger partial charge on any atom is 0.416 e. The van der Waals surface area contributed by atoms with E-state index in [1.807, 2.05) is 0 Å². The first-order chi connectivity index (χ1) is 15.4. The fourth-order valence-electron chi connectivity index (χ4n) is 3.33. The second kappa shape index (κ2) is 10.4. The molecule has 0 spiro atoms. The molecule has 0 aliphatic carbocycles. The molecule has 1 aromatic carbocycles. The first-order valence-corrected chi connectivity index (χ1v) is 10.1. The number of aromatic nitrogens is 2. The van der Waals surface area contributed by atoms with Gasteiger partial charge in [-0.05, 0) is 44.9 Å². The Bertz CT molecular complexity index is 1060. The van der Waals surface area contributed by atoms with Crippen LogP contribution in [0.4, 0.5) is 19.0 Å². The van der Waals surface area contributed by atoms with Crippen molar-refractivity contribution in [1.82, 2.24) is 14.9 Å². The van der Waals surface area contributed by atoms with Crippen LogP contribution in [0.2, 0.25) is 0 Å². The summed E-state index contributed by atoms with van der Waals surface area (Å²) in [5.41, 5.74) is -0.781. The number of alkyl halides is 3. The van der Waals surface area contributed by atoms with Gasteiger partial charge in [-0.2, -0.15) is 13.2 Å². The number of aldehydes is 1. The van der Waals surface area contributed by atoms with Gasteiger partial charge >= 0.3 is 12.1 Å². The van der Waals surface area contributed by atoms with E-state index >= 15 is 0 Å². The lowest BCUT2D eigenvalue weighted by molar-refractivity contribution is -0.143. The number of esters is 1. The van der Waals surface area contributed by atoms with Gasteiger partial charge < -0.3 is 15.0 Å². The molecule has 33 heavy (non-hydrogen) atoms. The number of aryl methyl sites for hydroxylation is 1. The number of amides is 1. The van der Waals surface area contributed by atoms with Crippen molar-refractivity contribution in [3.8, 4) is 0 Å². The van der Waals surface area contributed by atoms with Crippen LogP contribution >= 0.6 is 0 Å². The molecule has 2 rings (SSSR count). The topological polar surface area (TPSA) is 101 Å². The highest BCUT2D eigenvalue weighted by atomic mass is 19.4. The number of nitrogens with zero attached hydrogens (tertiary/aromatic N) is 3. The molecule has 0 unspecified atom stereocenters. The van der Waals surface area contributed by atoms with Crippen molar-refractivity contribution >= 4 is 24.0 Å². The van der Waals surface area contributed by atoms with Crippen LogP contribution in [0.25, 0.3) is 0 Å². The summed E-state index contributed by atoms with van der Waals surface area (Å²) in [6.07, 6.45) is -4.12. The van der Waals surface area contributed by atoms with E-state index in [9.17, 15) is 27.6 Å². The number of hydrogen-bond donors (Lipinski definition) is 1. The van der Waals surface area contributed by atoms with E-state index in [0.717, 1.165) is 11.0 Å². The Kier molecular flexibility index (Phi) is 8.13. The van der Waals surface area contributed by atoms with E-state index in [0.29, 0.717) is 11.8 Å². The van der Waals surface area contributed by atoms with Gasteiger partial charge in [-0.3, -0.25) is 14.4 Å². The van der Waals surface area contributed by atoms with Crippen LogP contribution in [0.15, 0.2) is 18.2 Å². The molecule has 1 heterocycles. The summed E-state index contributed by atoms with van der Waals surface area (Å²) in [7, 11) is 1.35. The highest BCUT2D eigenvalue weighted by Gasteiger charge is 2.33. The summed E-state index contributed by atoms with van der Waals surface area (Å²) in [6.45, 7) is 5.90. The van der Waals surface area contributed by atoms with Crippen molar-refractivity contribution in [2.75, 3.05) is 25.5 Å². The maximum absolute atomic E-state index is 13.3.